The lowest BCUT2D eigenvalue weighted by Gasteiger charge is -2.33. The summed E-state index contributed by atoms with van der Waals surface area (Å²) in [4.78, 5) is 22.7. The number of carbonyl (C=O) groups is 1. The predicted molar refractivity (Wildman–Crippen MR) is 76.0 cm³/mol. The van der Waals surface area contributed by atoms with Crippen LogP contribution in [0.2, 0.25) is 0 Å². The van der Waals surface area contributed by atoms with Gasteiger partial charge in [-0.25, -0.2) is 9.97 Å². The number of carbonyl (C=O) groups excluding carboxylic acids is 1. The summed E-state index contributed by atoms with van der Waals surface area (Å²) in [6.45, 7) is 3.11. The second-order valence-electron chi connectivity index (χ2n) is 5.25. The van der Waals surface area contributed by atoms with Crippen molar-refractivity contribution in [3.63, 3.8) is 0 Å². The maximum atomic E-state index is 12.3. The van der Waals surface area contributed by atoms with Gasteiger partial charge in [-0.3, -0.25) is 4.79 Å². The van der Waals surface area contributed by atoms with Crippen LogP contribution >= 0.6 is 0 Å². The summed E-state index contributed by atoms with van der Waals surface area (Å²) in [7, 11) is 0. The highest BCUT2D eigenvalue weighted by molar-refractivity contribution is 5.82. The first-order valence-corrected chi connectivity index (χ1v) is 7.34. The molecule has 114 valence electrons. The average Bonchev–Trinajstić information content (AvgIpc) is 2.57. The first kappa shape index (κ1) is 14.2. The SMILES string of the molecule is O=C(NC1CCOCC1)[C@H]1CN(c2ncccn2)CCO1. The van der Waals surface area contributed by atoms with Crippen LogP contribution in [0, 0.1) is 0 Å². The monoisotopic (exact) mass is 292 g/mol. The molecule has 7 heteroatoms. The van der Waals surface area contributed by atoms with Crippen molar-refractivity contribution in [1.82, 2.24) is 15.3 Å². The number of nitrogens with one attached hydrogen (secondary N) is 1. The van der Waals surface area contributed by atoms with E-state index in [1.165, 1.54) is 0 Å². The molecule has 0 unspecified atom stereocenters. The van der Waals surface area contributed by atoms with Crippen molar-refractivity contribution in [2.75, 3.05) is 37.8 Å². The number of rotatable bonds is 3. The Balaban J connectivity index is 1.56. The molecule has 1 amide bonds. The standard InChI is InChI=1S/C14H20N4O3/c19-13(17-11-2-7-20-8-3-11)12-10-18(6-9-21-12)14-15-4-1-5-16-14/h1,4-5,11-12H,2-3,6-10H2,(H,17,19)/t12-/m1/s1. The first-order chi connectivity index (χ1) is 10.3. The smallest absolute Gasteiger partial charge is 0.251 e. The van der Waals surface area contributed by atoms with Crippen molar-refractivity contribution >= 4 is 11.9 Å². The molecule has 1 aromatic rings. The molecule has 2 aliphatic rings. The second kappa shape index (κ2) is 6.82. The van der Waals surface area contributed by atoms with E-state index in [0.29, 0.717) is 38.9 Å². The van der Waals surface area contributed by atoms with Crippen molar-refractivity contribution in [3.05, 3.63) is 18.5 Å². The highest BCUT2D eigenvalue weighted by Gasteiger charge is 2.29. The fourth-order valence-electron chi connectivity index (χ4n) is 2.58. The van der Waals surface area contributed by atoms with Gasteiger partial charge in [0, 0.05) is 38.2 Å². The zero-order chi connectivity index (χ0) is 14.5. The van der Waals surface area contributed by atoms with E-state index in [9.17, 15) is 4.79 Å². The summed E-state index contributed by atoms with van der Waals surface area (Å²) in [5, 5.41) is 3.05. The van der Waals surface area contributed by atoms with Gasteiger partial charge in [-0.2, -0.15) is 0 Å². The highest BCUT2D eigenvalue weighted by Crippen LogP contribution is 2.13. The Morgan fingerprint density at radius 3 is 2.76 bits per heavy atom. The maximum Gasteiger partial charge on any atom is 0.251 e. The minimum atomic E-state index is -0.467. The lowest BCUT2D eigenvalue weighted by molar-refractivity contribution is -0.134. The topological polar surface area (TPSA) is 76.6 Å². The molecule has 1 aromatic heterocycles. The fourth-order valence-corrected chi connectivity index (χ4v) is 2.58. The minimum absolute atomic E-state index is 0.0532. The summed E-state index contributed by atoms with van der Waals surface area (Å²) < 4.78 is 10.9. The van der Waals surface area contributed by atoms with Crippen LogP contribution in [0.25, 0.3) is 0 Å². The average molecular weight is 292 g/mol. The highest BCUT2D eigenvalue weighted by atomic mass is 16.5. The first-order valence-electron chi connectivity index (χ1n) is 7.34. The Morgan fingerprint density at radius 1 is 1.24 bits per heavy atom. The third-order valence-corrected chi connectivity index (χ3v) is 3.76. The summed E-state index contributed by atoms with van der Waals surface area (Å²) >= 11 is 0. The molecule has 21 heavy (non-hydrogen) atoms. The Bertz CT molecular complexity index is 465. The Labute approximate surface area is 123 Å². The van der Waals surface area contributed by atoms with Crippen molar-refractivity contribution in [3.8, 4) is 0 Å². The molecule has 2 aliphatic heterocycles. The van der Waals surface area contributed by atoms with Gasteiger partial charge in [0.1, 0.15) is 0 Å². The molecule has 0 aromatic carbocycles. The van der Waals surface area contributed by atoms with Crippen LogP contribution in [0.5, 0.6) is 0 Å². The molecule has 0 bridgehead atoms. The summed E-state index contributed by atoms with van der Waals surface area (Å²) in [6, 6.07) is 1.97. The van der Waals surface area contributed by atoms with E-state index in [-0.39, 0.29) is 11.9 Å². The van der Waals surface area contributed by atoms with E-state index in [2.05, 4.69) is 15.3 Å². The normalized spacial score (nSPS) is 23.8. The number of hydrogen-bond acceptors (Lipinski definition) is 6. The van der Waals surface area contributed by atoms with Gasteiger partial charge in [-0.1, -0.05) is 0 Å². The molecule has 0 saturated carbocycles. The van der Waals surface area contributed by atoms with Crippen LogP contribution < -0.4 is 10.2 Å². The van der Waals surface area contributed by atoms with Crippen LogP contribution in [0.1, 0.15) is 12.8 Å². The molecule has 1 atom stereocenters. The van der Waals surface area contributed by atoms with Gasteiger partial charge in [0.05, 0.1) is 13.2 Å². The van der Waals surface area contributed by atoms with Crippen LogP contribution in [-0.4, -0.2) is 60.9 Å². The molecule has 3 rings (SSSR count). The van der Waals surface area contributed by atoms with Gasteiger partial charge < -0.3 is 19.7 Å². The molecule has 2 saturated heterocycles. The van der Waals surface area contributed by atoms with E-state index >= 15 is 0 Å². The van der Waals surface area contributed by atoms with Crippen molar-refractivity contribution in [1.29, 1.82) is 0 Å². The van der Waals surface area contributed by atoms with Crippen molar-refractivity contribution in [2.45, 2.75) is 25.0 Å². The third-order valence-electron chi connectivity index (χ3n) is 3.76. The van der Waals surface area contributed by atoms with E-state index in [1.807, 2.05) is 4.90 Å². The third kappa shape index (κ3) is 3.68. The Kier molecular flexibility index (Phi) is 4.62. The molecule has 0 radical (unpaired) electrons. The molecular weight excluding hydrogens is 272 g/mol. The van der Waals surface area contributed by atoms with Gasteiger partial charge >= 0.3 is 0 Å². The van der Waals surface area contributed by atoms with E-state index < -0.39 is 6.10 Å². The van der Waals surface area contributed by atoms with Gasteiger partial charge in [0.15, 0.2) is 6.10 Å². The summed E-state index contributed by atoms with van der Waals surface area (Å²) in [5.74, 6) is 0.590. The summed E-state index contributed by atoms with van der Waals surface area (Å²) in [6.07, 6.45) is 4.67. The van der Waals surface area contributed by atoms with E-state index in [1.54, 1.807) is 18.5 Å². The number of morpholine rings is 1. The lowest BCUT2D eigenvalue weighted by atomic mass is 10.1. The zero-order valence-corrected chi connectivity index (χ0v) is 11.9. The van der Waals surface area contributed by atoms with Crippen LogP contribution in [-0.2, 0) is 14.3 Å². The maximum absolute atomic E-state index is 12.3. The van der Waals surface area contributed by atoms with Crippen molar-refractivity contribution < 1.29 is 14.3 Å². The second-order valence-corrected chi connectivity index (χ2v) is 5.25. The van der Waals surface area contributed by atoms with Crippen LogP contribution in [0.4, 0.5) is 5.95 Å². The molecule has 0 spiro atoms. The quantitative estimate of drug-likeness (QED) is 0.843. The number of anilines is 1. The number of nitrogens with zero attached hydrogens (tertiary/aromatic N) is 3. The van der Waals surface area contributed by atoms with Crippen LogP contribution in [0.3, 0.4) is 0 Å². The van der Waals surface area contributed by atoms with Crippen molar-refractivity contribution in [2.24, 2.45) is 0 Å². The van der Waals surface area contributed by atoms with Crippen LogP contribution in [0.15, 0.2) is 18.5 Å². The van der Waals surface area contributed by atoms with E-state index in [0.717, 1.165) is 12.8 Å². The van der Waals surface area contributed by atoms with Gasteiger partial charge in [-0.15, -0.1) is 0 Å². The fraction of sp³-hybridized carbons (Fsp3) is 0.643. The molecule has 3 heterocycles. The molecule has 2 fully saturated rings. The number of amides is 1. The molecule has 1 N–H and O–H groups in total. The minimum Gasteiger partial charge on any atom is -0.381 e. The van der Waals surface area contributed by atoms with Gasteiger partial charge in [0.25, 0.3) is 5.91 Å². The number of ether oxygens (including phenoxy) is 2. The molecule has 7 nitrogen and oxygen atoms in total. The Morgan fingerprint density at radius 2 is 2.00 bits per heavy atom. The van der Waals surface area contributed by atoms with E-state index in [4.69, 9.17) is 9.47 Å². The Hall–Kier alpha value is -1.73. The largest absolute Gasteiger partial charge is 0.381 e. The zero-order valence-electron chi connectivity index (χ0n) is 11.9. The number of aromatic nitrogens is 2. The molecule has 0 aliphatic carbocycles. The number of hydrogen-bond donors (Lipinski definition) is 1. The van der Waals surface area contributed by atoms with Gasteiger partial charge in [0.2, 0.25) is 5.95 Å². The predicted octanol–water partition coefficient (Wildman–Crippen LogP) is -0.0230. The van der Waals surface area contributed by atoms with Gasteiger partial charge in [-0.05, 0) is 18.9 Å². The lowest BCUT2D eigenvalue weighted by Crippen LogP contribution is -2.52. The molecular formula is C14H20N4O3. The summed E-state index contributed by atoms with van der Waals surface area (Å²) in [5.41, 5.74) is 0.